The van der Waals surface area contributed by atoms with Crippen LogP contribution in [0.15, 0.2) is 22.4 Å². The molecular formula is C11H11ClS2. The molecule has 0 spiro atoms. The van der Waals surface area contributed by atoms with Gasteiger partial charge in [-0.2, -0.15) is 0 Å². The summed E-state index contributed by atoms with van der Waals surface area (Å²) in [5.41, 5.74) is 2.59. The smallest absolute Gasteiger partial charge is 0.0580 e. The average Bonchev–Trinajstić information content (AvgIpc) is 2.54. The van der Waals surface area contributed by atoms with Crippen molar-refractivity contribution in [2.75, 3.05) is 0 Å². The van der Waals surface area contributed by atoms with Crippen LogP contribution in [0.1, 0.15) is 18.1 Å². The largest absolute Gasteiger partial charge is 0.133 e. The molecule has 0 unspecified atom stereocenters. The van der Waals surface area contributed by atoms with E-state index >= 15 is 0 Å². The fraction of sp³-hybridized carbons (Fsp3) is 0.273. The van der Waals surface area contributed by atoms with Crippen molar-refractivity contribution in [3.63, 3.8) is 0 Å². The Morgan fingerprint density at radius 3 is 2.71 bits per heavy atom. The molecule has 3 heteroatoms. The molecule has 0 aliphatic heterocycles. The van der Waals surface area contributed by atoms with E-state index in [4.69, 9.17) is 11.6 Å². The van der Waals surface area contributed by atoms with E-state index in [-0.39, 0.29) is 0 Å². The predicted molar refractivity (Wildman–Crippen MR) is 68.0 cm³/mol. The van der Waals surface area contributed by atoms with Gasteiger partial charge in [0.25, 0.3) is 0 Å². The van der Waals surface area contributed by atoms with E-state index in [0.29, 0.717) is 5.88 Å². The molecule has 2 aromatic rings. The van der Waals surface area contributed by atoms with Crippen molar-refractivity contribution in [1.82, 2.24) is 0 Å². The van der Waals surface area contributed by atoms with Crippen LogP contribution >= 0.6 is 35.6 Å². The zero-order chi connectivity index (χ0) is 10.1. The van der Waals surface area contributed by atoms with Gasteiger partial charge in [-0.25, -0.2) is 0 Å². The number of fused-ring (bicyclic) bond motifs is 1. The number of hydrogen-bond donors (Lipinski definition) is 1. The second kappa shape index (κ2) is 4.13. The molecule has 0 saturated heterocycles. The van der Waals surface area contributed by atoms with E-state index < -0.39 is 0 Å². The van der Waals surface area contributed by atoms with Crippen molar-refractivity contribution in [3.8, 4) is 0 Å². The van der Waals surface area contributed by atoms with Crippen molar-refractivity contribution in [2.24, 2.45) is 0 Å². The third kappa shape index (κ3) is 1.79. The number of thiol groups is 1. The predicted octanol–water partition coefficient (Wildman–Crippen LogP) is 4.49. The maximum Gasteiger partial charge on any atom is 0.0580 e. The van der Waals surface area contributed by atoms with Gasteiger partial charge in [0, 0.05) is 10.6 Å². The van der Waals surface area contributed by atoms with E-state index in [1.165, 1.54) is 21.2 Å². The summed E-state index contributed by atoms with van der Waals surface area (Å²) in [4.78, 5) is 0. The number of rotatable bonds is 2. The van der Waals surface area contributed by atoms with Crippen LogP contribution in [-0.4, -0.2) is 0 Å². The SMILES string of the molecule is CCc1cc2cc(S)sc2cc1CCl. The van der Waals surface area contributed by atoms with Crippen molar-refractivity contribution in [2.45, 2.75) is 23.4 Å². The molecule has 1 heterocycles. The number of alkyl halides is 1. The molecule has 0 nitrogen and oxygen atoms in total. The zero-order valence-corrected chi connectivity index (χ0v) is 10.3. The first-order valence-corrected chi connectivity index (χ1v) is 6.34. The standard InChI is InChI=1S/C11H11ClS2/c1-2-7-3-8-5-11(13)14-10(8)4-9(7)6-12/h3-5,13H,2,6H2,1H3. The van der Waals surface area contributed by atoms with E-state index in [1.54, 1.807) is 11.3 Å². The molecule has 0 bridgehead atoms. The molecule has 2 rings (SSSR count). The van der Waals surface area contributed by atoms with Crippen LogP contribution in [-0.2, 0) is 12.3 Å². The maximum atomic E-state index is 5.90. The van der Waals surface area contributed by atoms with E-state index in [1.807, 2.05) is 0 Å². The van der Waals surface area contributed by atoms with Crippen molar-refractivity contribution in [3.05, 3.63) is 29.3 Å². The first-order valence-electron chi connectivity index (χ1n) is 4.55. The number of hydrogen-bond acceptors (Lipinski definition) is 2. The highest BCUT2D eigenvalue weighted by atomic mass is 35.5. The Morgan fingerprint density at radius 2 is 2.07 bits per heavy atom. The van der Waals surface area contributed by atoms with Crippen LogP contribution < -0.4 is 0 Å². The van der Waals surface area contributed by atoms with Gasteiger partial charge in [-0.05, 0) is 41.1 Å². The van der Waals surface area contributed by atoms with Crippen LogP contribution in [0.3, 0.4) is 0 Å². The van der Waals surface area contributed by atoms with Gasteiger partial charge in [0.05, 0.1) is 4.21 Å². The van der Waals surface area contributed by atoms with Crippen molar-refractivity contribution >= 4 is 45.7 Å². The Kier molecular flexibility index (Phi) is 3.05. The summed E-state index contributed by atoms with van der Waals surface area (Å²) in [6, 6.07) is 6.52. The summed E-state index contributed by atoms with van der Waals surface area (Å²) >= 11 is 12.0. The molecule has 1 aromatic carbocycles. The first-order chi connectivity index (χ1) is 6.74. The minimum Gasteiger partial charge on any atom is -0.133 e. The van der Waals surface area contributed by atoms with Crippen LogP contribution in [0.2, 0.25) is 0 Å². The molecule has 0 atom stereocenters. The Bertz CT molecular complexity index is 419. The molecule has 0 N–H and O–H groups in total. The average molecular weight is 243 g/mol. The Balaban J connectivity index is 2.68. The highest BCUT2D eigenvalue weighted by Gasteiger charge is 2.05. The number of halogens is 1. The van der Waals surface area contributed by atoms with Crippen LogP contribution in [0.4, 0.5) is 0 Å². The fourth-order valence-corrected chi connectivity index (χ4v) is 3.15. The van der Waals surface area contributed by atoms with Gasteiger partial charge in [0.2, 0.25) is 0 Å². The summed E-state index contributed by atoms with van der Waals surface area (Å²) in [5.74, 6) is 0.596. The third-order valence-electron chi connectivity index (χ3n) is 2.35. The van der Waals surface area contributed by atoms with Gasteiger partial charge in [0.1, 0.15) is 0 Å². The highest BCUT2D eigenvalue weighted by Crippen LogP contribution is 2.31. The van der Waals surface area contributed by atoms with Gasteiger partial charge in [0.15, 0.2) is 0 Å². The topological polar surface area (TPSA) is 0 Å². The number of benzene rings is 1. The van der Waals surface area contributed by atoms with E-state index in [9.17, 15) is 0 Å². The lowest BCUT2D eigenvalue weighted by atomic mass is 10.0. The van der Waals surface area contributed by atoms with Crippen LogP contribution in [0.5, 0.6) is 0 Å². The molecule has 0 radical (unpaired) electrons. The molecular weight excluding hydrogens is 232 g/mol. The Hall–Kier alpha value is -0.180. The van der Waals surface area contributed by atoms with Gasteiger partial charge < -0.3 is 0 Å². The molecule has 14 heavy (non-hydrogen) atoms. The highest BCUT2D eigenvalue weighted by molar-refractivity contribution is 7.83. The third-order valence-corrected chi connectivity index (χ3v) is 3.94. The second-order valence-corrected chi connectivity index (χ2v) is 5.37. The summed E-state index contributed by atoms with van der Waals surface area (Å²) < 4.78 is 2.34. The molecule has 1 aromatic heterocycles. The quantitative estimate of drug-likeness (QED) is 0.582. The lowest BCUT2D eigenvalue weighted by molar-refractivity contribution is 1.11. The Morgan fingerprint density at radius 1 is 1.29 bits per heavy atom. The van der Waals surface area contributed by atoms with Crippen LogP contribution in [0, 0.1) is 0 Å². The lowest BCUT2D eigenvalue weighted by Gasteiger charge is -2.04. The Labute approximate surface area is 98.3 Å². The molecule has 0 aliphatic rings. The van der Waals surface area contributed by atoms with Crippen molar-refractivity contribution in [1.29, 1.82) is 0 Å². The molecule has 0 fully saturated rings. The minimum atomic E-state index is 0.596. The summed E-state index contributed by atoms with van der Waals surface area (Å²) in [6.07, 6.45) is 1.04. The summed E-state index contributed by atoms with van der Waals surface area (Å²) in [5, 5.41) is 1.28. The first kappa shape index (κ1) is 10.3. The number of aryl methyl sites for hydroxylation is 1. The summed E-state index contributed by atoms with van der Waals surface area (Å²) in [6.45, 7) is 2.16. The number of thiophene rings is 1. The molecule has 0 saturated carbocycles. The summed E-state index contributed by atoms with van der Waals surface area (Å²) in [7, 11) is 0. The van der Waals surface area contributed by atoms with Gasteiger partial charge in [-0.1, -0.05) is 6.92 Å². The second-order valence-electron chi connectivity index (χ2n) is 3.23. The molecule has 0 amide bonds. The van der Waals surface area contributed by atoms with E-state index in [0.717, 1.165) is 10.6 Å². The maximum absolute atomic E-state index is 5.90. The molecule has 74 valence electrons. The van der Waals surface area contributed by atoms with Crippen LogP contribution in [0.25, 0.3) is 10.1 Å². The monoisotopic (exact) mass is 242 g/mol. The normalized spacial score (nSPS) is 11.1. The zero-order valence-electron chi connectivity index (χ0n) is 7.88. The van der Waals surface area contributed by atoms with E-state index in [2.05, 4.69) is 37.8 Å². The molecule has 0 aliphatic carbocycles. The van der Waals surface area contributed by atoms with Gasteiger partial charge in [-0.15, -0.1) is 35.6 Å². The van der Waals surface area contributed by atoms with Crippen molar-refractivity contribution < 1.29 is 0 Å². The fourth-order valence-electron chi connectivity index (χ4n) is 1.62. The lowest BCUT2D eigenvalue weighted by Crippen LogP contribution is -1.88. The van der Waals surface area contributed by atoms with Gasteiger partial charge in [-0.3, -0.25) is 0 Å². The van der Waals surface area contributed by atoms with Gasteiger partial charge >= 0.3 is 0 Å². The minimum absolute atomic E-state index is 0.596.